The lowest BCUT2D eigenvalue weighted by Crippen LogP contribution is -2.37. The number of hydrogen-bond acceptors (Lipinski definition) is 21. The summed E-state index contributed by atoms with van der Waals surface area (Å²) >= 11 is 0. The molecule has 0 spiro atoms. The zero-order valence-corrected chi connectivity index (χ0v) is 69.8. The monoisotopic (exact) mass is 1680 g/mol. The highest BCUT2D eigenvalue weighted by atomic mass is 16.5. The van der Waals surface area contributed by atoms with Crippen LogP contribution in [0, 0.1) is 11.8 Å². The molecule has 640 valence electrons. The number of ether oxygens (including phenoxy) is 5. The Balaban J connectivity index is 0.000000126. The van der Waals surface area contributed by atoms with Crippen LogP contribution in [0.3, 0.4) is 0 Å². The first-order valence-corrected chi connectivity index (χ1v) is 42.5. The highest BCUT2D eigenvalue weighted by molar-refractivity contribution is 6.10. The van der Waals surface area contributed by atoms with Crippen LogP contribution in [-0.2, 0) is 48.0 Å². The Kier molecular flexibility index (Phi) is 26.2. The lowest BCUT2D eigenvalue weighted by Gasteiger charge is -2.37. The van der Waals surface area contributed by atoms with Gasteiger partial charge in [-0.05, 0) is 127 Å². The number of fused-ring (bicyclic) bond motifs is 9. The summed E-state index contributed by atoms with van der Waals surface area (Å²) in [5.74, 6) is 0.779. The molecule has 11 heterocycles. The number of nitrogens with two attached hydrogens (primary N) is 3. The van der Waals surface area contributed by atoms with Crippen molar-refractivity contribution >= 4 is 82.9 Å². The molecule has 12 N–H and O–H groups in total. The van der Waals surface area contributed by atoms with Crippen molar-refractivity contribution in [1.29, 1.82) is 0 Å². The Morgan fingerprint density at radius 2 is 0.825 bits per heavy atom. The molecule has 0 saturated carbocycles. The maximum absolute atomic E-state index is 10.7. The highest BCUT2D eigenvalue weighted by Crippen LogP contribution is 2.44. The van der Waals surface area contributed by atoms with Crippen molar-refractivity contribution in [2.75, 3.05) is 77.2 Å². The third-order valence-corrected chi connectivity index (χ3v) is 23.4. The van der Waals surface area contributed by atoms with E-state index in [9.17, 15) is 20.4 Å². The molecule has 4 atom stereocenters. The number of benzene rings is 9. The fraction of sp³-hybridized carbons (Fsp3) is 0.242. The minimum absolute atomic E-state index is 0.00237. The van der Waals surface area contributed by atoms with Gasteiger partial charge < -0.3 is 61.3 Å². The van der Waals surface area contributed by atoms with E-state index in [0.717, 1.165) is 184 Å². The van der Waals surface area contributed by atoms with Crippen LogP contribution in [0.15, 0.2) is 292 Å². The topological polar surface area (TPSA) is 372 Å². The second-order valence-corrected chi connectivity index (χ2v) is 31.5. The van der Waals surface area contributed by atoms with E-state index >= 15 is 0 Å². The molecule has 20 rings (SSSR count). The fourth-order valence-electron chi connectivity index (χ4n) is 16.9. The lowest BCUT2D eigenvalue weighted by atomic mass is 9.80. The standard InChI is InChI=1S/C41H40N6O3.C23H24O3.C18H18N6O.C17H18N6O2/c42-40-35-26-46(45-39(35)34-20-19-30(24-36(34)44-40)37-21-22-43-47(37)38-18-10-11-23-49-38)25-29(27-48)28-50-41(31-12-4-1-5-13-31,32-14-6-2-7-15-32)33-16-8-3-9-17-33;1-25-22(17-24)18-26-23(19-11-5-2-6-12-19,20-13-7-3-8-14-20)21-15-9-4-10-16-21;19-18-13-10-20-23-17(13)12-5-4-11(9-14(12)22-18)15-6-7-21-24(15)16-3-1-2-8-25-16;18-17-13-7-23(6-10(8-24)9-25)22-16(13)12-2-1-11(5-15(12)20-17)14-3-4-19-21-14/h1-9,12-17,19-22,24,26,29,38,48H,10-11,18,23,25,27-28H2,(H2,42,44);2-16,22,24H,17-18H2,1H3;4-7,9-10,16H,1-3,8H2,(H2,19,22)(H,20,23);1-5,7,10,24-25H,6,8-9H2,(H2,18,20)(H,19,21)/t29-,38?;22-;;/m01../s1. The van der Waals surface area contributed by atoms with Gasteiger partial charge in [0, 0.05) is 129 Å². The van der Waals surface area contributed by atoms with Gasteiger partial charge in [0.15, 0.2) is 12.5 Å². The van der Waals surface area contributed by atoms with Gasteiger partial charge in [-0.1, -0.05) is 200 Å². The smallest absolute Gasteiger partial charge is 0.150 e. The summed E-state index contributed by atoms with van der Waals surface area (Å²) in [7, 11) is 1.58. The second kappa shape index (κ2) is 39.0. The van der Waals surface area contributed by atoms with Crippen LogP contribution in [0.1, 0.15) is 84.4 Å². The maximum Gasteiger partial charge on any atom is 0.150 e. The maximum atomic E-state index is 10.7. The van der Waals surface area contributed by atoms with Crippen LogP contribution in [-0.4, -0.2) is 161 Å². The van der Waals surface area contributed by atoms with Crippen molar-refractivity contribution in [1.82, 2.24) is 74.5 Å². The van der Waals surface area contributed by atoms with Crippen molar-refractivity contribution < 1.29 is 44.1 Å². The van der Waals surface area contributed by atoms with Gasteiger partial charge in [-0.15, -0.1) is 0 Å². The Morgan fingerprint density at radius 3 is 1.23 bits per heavy atom. The molecule has 2 saturated heterocycles. The molecule has 0 aliphatic carbocycles. The largest absolute Gasteiger partial charge is 0.396 e. The molecular weight excluding hydrogens is 1590 g/mol. The van der Waals surface area contributed by atoms with E-state index in [4.69, 9.17) is 51.0 Å². The normalized spacial score (nSPS) is 14.8. The predicted molar refractivity (Wildman–Crippen MR) is 489 cm³/mol. The van der Waals surface area contributed by atoms with Gasteiger partial charge in [0.1, 0.15) is 45.8 Å². The summed E-state index contributed by atoms with van der Waals surface area (Å²) in [5, 5.41) is 76.5. The van der Waals surface area contributed by atoms with Gasteiger partial charge in [0.2, 0.25) is 0 Å². The molecule has 18 aromatic rings. The quantitative estimate of drug-likeness (QED) is 0.0227. The van der Waals surface area contributed by atoms with Crippen LogP contribution in [0.2, 0.25) is 0 Å². The van der Waals surface area contributed by atoms with Gasteiger partial charge in [0.05, 0.1) is 81.3 Å². The first-order chi connectivity index (χ1) is 61.9. The number of aromatic amines is 2. The number of nitrogens with zero attached hydrogens (tertiary/aromatic N) is 13. The molecule has 2 unspecified atom stereocenters. The molecule has 27 heteroatoms. The number of aromatic nitrogens is 15. The van der Waals surface area contributed by atoms with Gasteiger partial charge >= 0.3 is 0 Å². The summed E-state index contributed by atoms with van der Waals surface area (Å²) < 4.78 is 38.3. The number of methoxy groups -OCH3 is 1. The number of anilines is 3. The minimum atomic E-state index is -0.882. The van der Waals surface area contributed by atoms with Crippen LogP contribution in [0.25, 0.3) is 99.2 Å². The average molecular weight is 1690 g/mol. The Morgan fingerprint density at radius 1 is 0.421 bits per heavy atom. The number of rotatable bonds is 26. The molecule has 0 amide bonds. The van der Waals surface area contributed by atoms with E-state index in [0.29, 0.717) is 30.5 Å². The molecule has 2 aliphatic rings. The van der Waals surface area contributed by atoms with Crippen molar-refractivity contribution in [3.63, 3.8) is 0 Å². The molecule has 2 fully saturated rings. The number of aliphatic hydroxyl groups is 4. The fourth-order valence-corrected chi connectivity index (χ4v) is 16.9. The van der Waals surface area contributed by atoms with E-state index < -0.39 is 11.2 Å². The SMILES string of the molecule is CO[C@H](CO)COC(c1ccccc1)(c1ccccc1)c1ccccc1.Nc1nc2cc(-c3ccn[nH]3)ccc2c2nn(CC(CO)CO)cc12.Nc1nc2cc(-c3ccnn3C3CCCCO3)ccc2c2[nH]ncc12.Nc1nc2cc(-c3ccnn3C3CCCCO3)ccc2c2nn(C[C@@H](CO)COC(c3ccccc3)(c3ccccc3)c3ccccc3)cc12. The summed E-state index contributed by atoms with van der Waals surface area (Å²) in [5.41, 5.74) is 33.9. The summed E-state index contributed by atoms with van der Waals surface area (Å²) in [4.78, 5) is 13.8. The van der Waals surface area contributed by atoms with Crippen LogP contribution < -0.4 is 17.2 Å². The van der Waals surface area contributed by atoms with Crippen molar-refractivity contribution in [2.45, 2.75) is 81.4 Å². The second-order valence-electron chi connectivity index (χ2n) is 31.5. The molecule has 9 aromatic heterocycles. The first kappa shape index (κ1) is 84.5. The molecule has 2 aliphatic heterocycles. The van der Waals surface area contributed by atoms with Gasteiger partial charge in [-0.3, -0.25) is 19.6 Å². The molecular formula is C99H100N18O9. The highest BCUT2D eigenvalue weighted by Gasteiger charge is 2.40. The van der Waals surface area contributed by atoms with Gasteiger partial charge in [0.25, 0.3) is 0 Å². The number of hydrogen-bond donors (Lipinski definition) is 9. The van der Waals surface area contributed by atoms with Crippen LogP contribution in [0.5, 0.6) is 0 Å². The Labute approximate surface area is 727 Å². The number of aliphatic hydroxyl groups excluding tert-OH is 4. The zero-order chi connectivity index (χ0) is 86.4. The van der Waals surface area contributed by atoms with Crippen molar-refractivity contribution in [3.8, 4) is 33.8 Å². The molecule has 126 heavy (non-hydrogen) atoms. The predicted octanol–water partition coefficient (Wildman–Crippen LogP) is 15.8. The summed E-state index contributed by atoms with van der Waals surface area (Å²) in [6, 6.07) is 85.4. The average Bonchev–Trinajstić information content (AvgIpc) is 1.62. The van der Waals surface area contributed by atoms with Crippen molar-refractivity contribution in [3.05, 3.63) is 325 Å². The van der Waals surface area contributed by atoms with E-state index in [2.05, 4.69) is 143 Å². The summed E-state index contributed by atoms with van der Waals surface area (Å²) in [6.45, 7) is 2.55. The third-order valence-electron chi connectivity index (χ3n) is 23.4. The molecule has 0 bridgehead atoms. The lowest BCUT2D eigenvalue weighted by molar-refractivity contribution is -0.0670. The number of pyridine rings is 3. The Hall–Kier alpha value is -13.7. The number of nitrogens with one attached hydrogen (secondary N) is 2. The molecule has 27 nitrogen and oxygen atoms in total. The Bertz CT molecular complexity index is 6390. The van der Waals surface area contributed by atoms with E-state index in [1.54, 1.807) is 30.4 Å². The van der Waals surface area contributed by atoms with Gasteiger partial charge in [-0.2, -0.15) is 30.6 Å². The molecule has 0 radical (unpaired) electrons. The van der Waals surface area contributed by atoms with Gasteiger partial charge in [-0.25, -0.2) is 24.3 Å². The van der Waals surface area contributed by atoms with E-state index in [1.165, 1.54) is 0 Å². The minimum Gasteiger partial charge on any atom is -0.396 e. The molecule has 9 aromatic carbocycles. The van der Waals surface area contributed by atoms with Crippen LogP contribution in [0.4, 0.5) is 17.5 Å². The first-order valence-electron chi connectivity index (χ1n) is 42.5. The van der Waals surface area contributed by atoms with E-state index in [-0.39, 0.29) is 70.0 Å². The number of nitrogen functional groups attached to an aromatic ring is 3. The van der Waals surface area contributed by atoms with Crippen molar-refractivity contribution in [2.24, 2.45) is 11.8 Å². The third kappa shape index (κ3) is 17.8. The van der Waals surface area contributed by atoms with Crippen LogP contribution >= 0.6 is 0 Å². The summed E-state index contributed by atoms with van der Waals surface area (Å²) in [6.07, 6.45) is 16.7. The van der Waals surface area contributed by atoms with E-state index in [1.807, 2.05) is 190 Å². The zero-order valence-electron chi connectivity index (χ0n) is 69.8. The number of H-pyrrole nitrogens is 2.